The summed E-state index contributed by atoms with van der Waals surface area (Å²) >= 11 is 5.70. The van der Waals surface area contributed by atoms with Gasteiger partial charge in [0.25, 0.3) is 0 Å². The number of halogens is 1. The molecule has 0 aliphatic carbocycles. The van der Waals surface area contributed by atoms with Crippen LogP contribution in [-0.2, 0) is 0 Å². The van der Waals surface area contributed by atoms with Crippen molar-refractivity contribution in [1.82, 2.24) is 4.98 Å². The summed E-state index contributed by atoms with van der Waals surface area (Å²) in [5.41, 5.74) is 6.81. The zero-order valence-corrected chi connectivity index (χ0v) is 7.46. The Morgan fingerprint density at radius 3 is 3.08 bits per heavy atom. The minimum atomic E-state index is -0.0250. The predicted molar refractivity (Wildman–Crippen MR) is 51.0 cm³/mol. The number of hydrogen-bond acceptors (Lipinski definition) is 2. The van der Waals surface area contributed by atoms with Crippen LogP contribution in [0.1, 0.15) is 18.0 Å². The molecule has 0 saturated heterocycles. The highest BCUT2D eigenvalue weighted by Gasteiger charge is 2.03. The highest BCUT2D eigenvalue weighted by molar-refractivity contribution is 6.29. The van der Waals surface area contributed by atoms with Crippen LogP contribution < -0.4 is 5.73 Å². The highest BCUT2D eigenvalue weighted by Crippen LogP contribution is 2.16. The molecule has 0 saturated carbocycles. The van der Waals surface area contributed by atoms with Crippen molar-refractivity contribution in [2.24, 2.45) is 5.73 Å². The molecule has 2 N–H and O–H groups in total. The summed E-state index contributed by atoms with van der Waals surface area (Å²) < 4.78 is 0. The first-order valence-corrected chi connectivity index (χ1v) is 4.09. The molecule has 0 spiro atoms. The lowest BCUT2D eigenvalue weighted by molar-refractivity contribution is 0.740. The molecule has 0 bridgehead atoms. The Morgan fingerprint density at radius 1 is 1.75 bits per heavy atom. The molecule has 1 heterocycles. The van der Waals surface area contributed by atoms with Crippen molar-refractivity contribution in [3.05, 3.63) is 41.7 Å². The quantitative estimate of drug-likeness (QED) is 0.576. The van der Waals surface area contributed by atoms with Gasteiger partial charge in [-0.2, -0.15) is 0 Å². The van der Waals surface area contributed by atoms with Gasteiger partial charge in [0.2, 0.25) is 0 Å². The van der Waals surface area contributed by atoms with Gasteiger partial charge in [0.15, 0.2) is 0 Å². The molecule has 3 heteroatoms. The van der Waals surface area contributed by atoms with Crippen LogP contribution in [0.3, 0.4) is 0 Å². The Morgan fingerprint density at radius 2 is 2.50 bits per heavy atom. The summed E-state index contributed by atoms with van der Waals surface area (Å²) in [5, 5.41) is 0.479. The molecule has 0 amide bonds. The van der Waals surface area contributed by atoms with E-state index in [2.05, 4.69) is 11.6 Å². The second kappa shape index (κ2) is 4.24. The minimum absolute atomic E-state index is 0.0250. The van der Waals surface area contributed by atoms with Gasteiger partial charge in [-0.25, -0.2) is 4.98 Å². The van der Waals surface area contributed by atoms with Crippen LogP contribution in [0.25, 0.3) is 0 Å². The van der Waals surface area contributed by atoms with E-state index in [0.29, 0.717) is 5.15 Å². The van der Waals surface area contributed by atoms with E-state index >= 15 is 0 Å². The van der Waals surface area contributed by atoms with Crippen LogP contribution >= 0.6 is 11.6 Å². The molecule has 1 aromatic heterocycles. The second-order valence-electron chi connectivity index (χ2n) is 2.54. The third-order valence-corrected chi connectivity index (χ3v) is 1.81. The van der Waals surface area contributed by atoms with Crippen molar-refractivity contribution in [3.63, 3.8) is 0 Å². The van der Waals surface area contributed by atoms with E-state index in [-0.39, 0.29) is 6.04 Å². The first-order chi connectivity index (χ1) is 5.74. The first kappa shape index (κ1) is 9.23. The third kappa shape index (κ3) is 2.32. The lowest BCUT2D eigenvalue weighted by atomic mass is 10.1. The number of hydrogen-bond donors (Lipinski definition) is 1. The van der Waals surface area contributed by atoms with Crippen LogP contribution in [0, 0.1) is 0 Å². The Kier molecular flexibility index (Phi) is 3.26. The highest BCUT2D eigenvalue weighted by atomic mass is 35.5. The third-order valence-electron chi connectivity index (χ3n) is 1.60. The van der Waals surface area contributed by atoms with Gasteiger partial charge in [-0.3, -0.25) is 0 Å². The maximum Gasteiger partial charge on any atom is 0.129 e. The van der Waals surface area contributed by atoms with Gasteiger partial charge in [-0.1, -0.05) is 17.7 Å². The summed E-state index contributed by atoms with van der Waals surface area (Å²) in [6.07, 6.45) is 4.19. The molecule has 0 aliphatic heterocycles. The molecule has 0 fully saturated rings. The van der Waals surface area contributed by atoms with Crippen LogP contribution in [0.15, 0.2) is 31.0 Å². The van der Waals surface area contributed by atoms with Crippen molar-refractivity contribution < 1.29 is 0 Å². The van der Waals surface area contributed by atoms with Crippen molar-refractivity contribution in [3.8, 4) is 0 Å². The Balaban J connectivity index is 2.80. The first-order valence-electron chi connectivity index (χ1n) is 3.72. The molecule has 0 unspecified atom stereocenters. The smallest absolute Gasteiger partial charge is 0.129 e. The van der Waals surface area contributed by atoms with Gasteiger partial charge in [-0.15, -0.1) is 6.58 Å². The number of aromatic nitrogens is 1. The van der Waals surface area contributed by atoms with E-state index in [9.17, 15) is 0 Å². The van der Waals surface area contributed by atoms with Crippen LogP contribution in [0.4, 0.5) is 0 Å². The number of nitrogens with zero attached hydrogens (tertiary/aromatic N) is 1. The maximum absolute atomic E-state index is 5.82. The van der Waals surface area contributed by atoms with E-state index in [1.165, 1.54) is 0 Å². The Labute approximate surface area is 77.1 Å². The molecule has 1 rings (SSSR count). The molecule has 1 aromatic rings. The standard InChI is InChI=1S/C9H11ClN2/c1-2-3-8(11)7-4-5-12-9(10)6-7/h2,4-6,8H,1,3,11H2/t8-/m1/s1. The van der Waals surface area contributed by atoms with E-state index in [1.54, 1.807) is 18.3 Å². The Bertz CT molecular complexity index is 273. The van der Waals surface area contributed by atoms with Gasteiger partial charge in [0.05, 0.1) is 0 Å². The fraction of sp³-hybridized carbons (Fsp3) is 0.222. The van der Waals surface area contributed by atoms with Gasteiger partial charge in [-0.05, 0) is 24.1 Å². The maximum atomic E-state index is 5.82. The van der Waals surface area contributed by atoms with Gasteiger partial charge >= 0.3 is 0 Å². The fourth-order valence-corrected chi connectivity index (χ4v) is 1.15. The lowest BCUT2D eigenvalue weighted by Crippen LogP contribution is -2.08. The van der Waals surface area contributed by atoms with Crippen molar-refractivity contribution in [1.29, 1.82) is 0 Å². The largest absolute Gasteiger partial charge is 0.324 e. The molecule has 1 atom stereocenters. The predicted octanol–water partition coefficient (Wildman–Crippen LogP) is 2.31. The summed E-state index contributed by atoms with van der Waals surface area (Å²) in [6, 6.07) is 3.61. The Hall–Kier alpha value is -0.860. The normalized spacial score (nSPS) is 12.5. The van der Waals surface area contributed by atoms with Gasteiger partial charge in [0.1, 0.15) is 5.15 Å². The molecular weight excluding hydrogens is 172 g/mol. The van der Waals surface area contributed by atoms with Crippen LogP contribution in [0.2, 0.25) is 5.15 Å². The summed E-state index contributed by atoms with van der Waals surface area (Å²) in [7, 11) is 0. The molecule has 64 valence electrons. The van der Waals surface area contributed by atoms with Gasteiger partial charge in [0, 0.05) is 12.2 Å². The molecule has 0 aromatic carbocycles. The average molecular weight is 183 g/mol. The molecule has 0 aliphatic rings. The SMILES string of the molecule is C=CC[C@@H](N)c1ccnc(Cl)c1. The molecule has 2 nitrogen and oxygen atoms in total. The van der Waals surface area contributed by atoms with E-state index in [1.807, 2.05) is 6.07 Å². The van der Waals surface area contributed by atoms with Crippen molar-refractivity contribution in [2.75, 3.05) is 0 Å². The average Bonchev–Trinajstić information content (AvgIpc) is 2.05. The zero-order valence-electron chi connectivity index (χ0n) is 6.70. The van der Waals surface area contributed by atoms with E-state index in [0.717, 1.165) is 12.0 Å². The fourth-order valence-electron chi connectivity index (χ4n) is 0.964. The molecule has 12 heavy (non-hydrogen) atoms. The minimum Gasteiger partial charge on any atom is -0.324 e. The summed E-state index contributed by atoms with van der Waals surface area (Å²) in [6.45, 7) is 3.62. The number of rotatable bonds is 3. The van der Waals surface area contributed by atoms with Crippen LogP contribution in [-0.4, -0.2) is 4.98 Å². The second-order valence-corrected chi connectivity index (χ2v) is 2.93. The molecule has 0 radical (unpaired) electrons. The van der Waals surface area contributed by atoms with Crippen LogP contribution in [0.5, 0.6) is 0 Å². The van der Waals surface area contributed by atoms with E-state index < -0.39 is 0 Å². The van der Waals surface area contributed by atoms with Gasteiger partial charge < -0.3 is 5.73 Å². The van der Waals surface area contributed by atoms with E-state index in [4.69, 9.17) is 17.3 Å². The zero-order chi connectivity index (χ0) is 8.97. The topological polar surface area (TPSA) is 38.9 Å². The van der Waals surface area contributed by atoms with Crippen molar-refractivity contribution >= 4 is 11.6 Å². The number of nitrogens with two attached hydrogens (primary N) is 1. The summed E-state index contributed by atoms with van der Waals surface area (Å²) in [5.74, 6) is 0. The lowest BCUT2D eigenvalue weighted by Gasteiger charge is -2.08. The summed E-state index contributed by atoms with van der Waals surface area (Å²) in [4.78, 5) is 3.87. The molecular formula is C9H11ClN2. The number of pyridine rings is 1. The monoisotopic (exact) mass is 182 g/mol. The van der Waals surface area contributed by atoms with Crippen molar-refractivity contribution in [2.45, 2.75) is 12.5 Å².